The Balaban J connectivity index is 1.78. The summed E-state index contributed by atoms with van der Waals surface area (Å²) in [6.45, 7) is 10.2. The lowest BCUT2D eigenvalue weighted by Crippen LogP contribution is -2.51. The molecule has 0 aromatic rings. The van der Waals surface area contributed by atoms with Crippen molar-refractivity contribution < 1.29 is 19.4 Å². The molecule has 1 aliphatic heterocycles. The summed E-state index contributed by atoms with van der Waals surface area (Å²) >= 11 is 0. The lowest BCUT2D eigenvalue weighted by molar-refractivity contribution is -0.132. The predicted octanol–water partition coefficient (Wildman–Crippen LogP) is 4.39. The second kappa shape index (κ2) is 8.68. The first-order chi connectivity index (χ1) is 14.0. The van der Waals surface area contributed by atoms with E-state index >= 15 is 0 Å². The van der Waals surface area contributed by atoms with Gasteiger partial charge in [-0.3, -0.25) is 9.69 Å². The summed E-state index contributed by atoms with van der Waals surface area (Å²) in [5.74, 6) is 0.101. The van der Waals surface area contributed by atoms with Crippen LogP contribution in [0.1, 0.15) is 98.8 Å². The Labute approximate surface area is 182 Å². The number of carbonyl (C=O) groups excluding carboxylic acids is 2. The van der Waals surface area contributed by atoms with Gasteiger partial charge in [-0.25, -0.2) is 4.79 Å². The Morgan fingerprint density at radius 1 is 1.07 bits per heavy atom. The first-order valence-corrected chi connectivity index (χ1v) is 11.9. The summed E-state index contributed by atoms with van der Waals surface area (Å²) < 4.78 is 5.76. The van der Waals surface area contributed by atoms with Crippen LogP contribution in [0.5, 0.6) is 0 Å². The molecule has 0 bridgehead atoms. The third kappa shape index (κ3) is 4.79. The first-order valence-electron chi connectivity index (χ1n) is 11.9. The van der Waals surface area contributed by atoms with Gasteiger partial charge in [0.1, 0.15) is 5.60 Å². The Kier molecular flexibility index (Phi) is 6.76. The van der Waals surface area contributed by atoms with Crippen LogP contribution in [0.15, 0.2) is 0 Å². The van der Waals surface area contributed by atoms with Crippen LogP contribution in [0.25, 0.3) is 0 Å². The molecule has 2 N–H and O–H groups in total. The molecule has 0 radical (unpaired) electrons. The largest absolute Gasteiger partial charge is 0.444 e. The van der Waals surface area contributed by atoms with Gasteiger partial charge in [0.05, 0.1) is 12.1 Å². The fourth-order valence-electron chi connectivity index (χ4n) is 5.89. The Morgan fingerprint density at radius 3 is 2.33 bits per heavy atom. The highest BCUT2D eigenvalue weighted by Gasteiger charge is 2.55. The highest BCUT2D eigenvalue weighted by atomic mass is 16.6. The number of aliphatic hydroxyl groups excluding tert-OH is 1. The van der Waals surface area contributed by atoms with E-state index in [1.807, 2.05) is 25.7 Å². The van der Waals surface area contributed by atoms with Gasteiger partial charge < -0.3 is 15.2 Å². The minimum absolute atomic E-state index is 0.0583. The van der Waals surface area contributed by atoms with Crippen molar-refractivity contribution in [3.8, 4) is 0 Å². The maximum atomic E-state index is 13.2. The SMILES string of the molecule is CC(C)(C)OC(=O)N1[C@@H](CNC(=O)C2(C)CCCCC2)C[C@@]2(C)[C@@H](O)CCCC[C@@H]12. The molecule has 3 aliphatic rings. The van der Waals surface area contributed by atoms with Crippen molar-refractivity contribution in [3.63, 3.8) is 0 Å². The van der Waals surface area contributed by atoms with Crippen LogP contribution in [0, 0.1) is 10.8 Å². The number of aliphatic hydroxyl groups is 1. The van der Waals surface area contributed by atoms with Crippen molar-refractivity contribution in [2.24, 2.45) is 10.8 Å². The molecule has 1 saturated heterocycles. The molecule has 3 rings (SSSR count). The van der Waals surface area contributed by atoms with Gasteiger partial charge in [-0.05, 0) is 52.9 Å². The van der Waals surface area contributed by atoms with Gasteiger partial charge in [-0.15, -0.1) is 0 Å². The number of nitrogens with one attached hydrogen (secondary N) is 1. The second-order valence-corrected chi connectivity index (χ2v) is 11.4. The fraction of sp³-hybridized carbons (Fsp3) is 0.917. The monoisotopic (exact) mass is 422 g/mol. The van der Waals surface area contributed by atoms with Crippen LogP contribution in [0.3, 0.4) is 0 Å². The molecule has 1 heterocycles. The molecule has 4 atom stereocenters. The fourth-order valence-corrected chi connectivity index (χ4v) is 5.89. The summed E-state index contributed by atoms with van der Waals surface area (Å²) in [4.78, 5) is 28.1. The summed E-state index contributed by atoms with van der Waals surface area (Å²) in [7, 11) is 0. The van der Waals surface area contributed by atoms with Gasteiger partial charge in [0.2, 0.25) is 5.91 Å². The average molecular weight is 423 g/mol. The number of nitrogens with zero attached hydrogens (tertiary/aromatic N) is 1. The van der Waals surface area contributed by atoms with Gasteiger partial charge in [0, 0.05) is 23.4 Å². The third-order valence-electron chi connectivity index (χ3n) is 7.74. The molecule has 30 heavy (non-hydrogen) atoms. The van der Waals surface area contributed by atoms with Gasteiger partial charge in [0.15, 0.2) is 0 Å². The second-order valence-electron chi connectivity index (χ2n) is 11.4. The van der Waals surface area contributed by atoms with Gasteiger partial charge >= 0.3 is 6.09 Å². The van der Waals surface area contributed by atoms with E-state index in [4.69, 9.17) is 4.74 Å². The molecular formula is C24H42N2O4. The van der Waals surface area contributed by atoms with Crippen LogP contribution >= 0.6 is 0 Å². The summed E-state index contributed by atoms with van der Waals surface area (Å²) in [6, 6.07) is -0.212. The maximum absolute atomic E-state index is 13.2. The van der Waals surface area contributed by atoms with Crippen molar-refractivity contribution in [1.82, 2.24) is 10.2 Å². The summed E-state index contributed by atoms with van der Waals surface area (Å²) in [5, 5.41) is 14.1. The third-order valence-corrected chi connectivity index (χ3v) is 7.74. The predicted molar refractivity (Wildman–Crippen MR) is 117 cm³/mol. The van der Waals surface area contributed by atoms with E-state index in [1.54, 1.807) is 0 Å². The van der Waals surface area contributed by atoms with Crippen molar-refractivity contribution in [3.05, 3.63) is 0 Å². The van der Waals surface area contributed by atoms with E-state index in [9.17, 15) is 14.7 Å². The normalized spacial score (nSPS) is 34.1. The Hall–Kier alpha value is -1.30. The molecule has 2 amide bonds. The number of carbonyl (C=O) groups is 2. The topological polar surface area (TPSA) is 78.9 Å². The van der Waals surface area contributed by atoms with Crippen LogP contribution in [-0.2, 0) is 9.53 Å². The van der Waals surface area contributed by atoms with E-state index in [-0.39, 0.29) is 34.9 Å². The number of amides is 2. The summed E-state index contributed by atoms with van der Waals surface area (Å²) in [5.41, 5.74) is -1.25. The molecule has 0 aromatic heterocycles. The highest BCUT2D eigenvalue weighted by Crippen LogP contribution is 2.49. The molecule has 6 heteroatoms. The Morgan fingerprint density at radius 2 is 1.70 bits per heavy atom. The molecule has 6 nitrogen and oxygen atoms in total. The number of ether oxygens (including phenoxy) is 1. The van der Waals surface area contributed by atoms with Crippen LogP contribution < -0.4 is 5.32 Å². The van der Waals surface area contributed by atoms with Gasteiger partial charge in [-0.2, -0.15) is 0 Å². The number of rotatable bonds is 3. The van der Waals surface area contributed by atoms with Crippen molar-refractivity contribution in [1.29, 1.82) is 0 Å². The highest BCUT2D eigenvalue weighted by molar-refractivity contribution is 5.82. The zero-order valence-corrected chi connectivity index (χ0v) is 19.6. The van der Waals surface area contributed by atoms with Gasteiger partial charge in [-0.1, -0.05) is 46.0 Å². The lowest BCUT2D eigenvalue weighted by Gasteiger charge is -2.38. The quantitative estimate of drug-likeness (QED) is 0.707. The zero-order chi connectivity index (χ0) is 22.2. The number of fused-ring (bicyclic) bond motifs is 1. The van der Waals surface area contributed by atoms with Crippen LogP contribution in [0.2, 0.25) is 0 Å². The van der Waals surface area contributed by atoms with Crippen LogP contribution in [0.4, 0.5) is 4.79 Å². The minimum atomic E-state index is -0.581. The molecule has 0 spiro atoms. The number of hydrogen-bond acceptors (Lipinski definition) is 4. The van der Waals surface area contributed by atoms with Gasteiger partial charge in [0.25, 0.3) is 0 Å². The molecular weight excluding hydrogens is 380 g/mol. The molecule has 172 valence electrons. The molecule has 0 unspecified atom stereocenters. The molecule has 2 saturated carbocycles. The maximum Gasteiger partial charge on any atom is 0.410 e. The van der Waals surface area contributed by atoms with Crippen molar-refractivity contribution in [2.45, 2.75) is 123 Å². The zero-order valence-electron chi connectivity index (χ0n) is 19.6. The van der Waals surface area contributed by atoms with E-state index in [1.165, 1.54) is 6.42 Å². The number of hydrogen-bond donors (Lipinski definition) is 2. The Bertz CT molecular complexity index is 638. The van der Waals surface area contributed by atoms with Crippen molar-refractivity contribution in [2.75, 3.05) is 6.54 Å². The molecule has 2 aliphatic carbocycles. The first kappa shape index (κ1) is 23.4. The van der Waals surface area contributed by atoms with E-state index in [0.29, 0.717) is 13.0 Å². The van der Waals surface area contributed by atoms with E-state index < -0.39 is 11.7 Å². The smallest absolute Gasteiger partial charge is 0.410 e. The van der Waals surface area contributed by atoms with E-state index in [2.05, 4.69) is 19.2 Å². The summed E-state index contributed by atoms with van der Waals surface area (Å²) in [6.07, 6.45) is 8.80. The minimum Gasteiger partial charge on any atom is -0.444 e. The van der Waals surface area contributed by atoms with Crippen LogP contribution in [-0.4, -0.2) is 52.3 Å². The molecule has 3 fully saturated rings. The number of likely N-dealkylation sites (tertiary alicyclic amines) is 1. The van der Waals surface area contributed by atoms with E-state index in [0.717, 1.165) is 51.4 Å². The average Bonchev–Trinajstić information content (AvgIpc) is 2.87. The lowest BCUT2D eigenvalue weighted by atomic mass is 9.74. The van der Waals surface area contributed by atoms with Crippen molar-refractivity contribution >= 4 is 12.0 Å². The standard InChI is InChI=1S/C24H42N2O4/c1-22(2,3)30-21(29)26-17(15-24(5)18(26)11-7-8-12-19(24)27)16-25-20(28)23(4)13-9-6-10-14-23/h17-19,27H,6-16H2,1-5H3,(H,25,28)/t17-,18-,19+,24-/m1/s1. The molecule has 0 aromatic carbocycles.